The number of benzene rings is 1. The maximum absolute atomic E-state index is 11.6. The van der Waals surface area contributed by atoms with Gasteiger partial charge in [0.15, 0.2) is 0 Å². The second kappa shape index (κ2) is 9.61. The van der Waals surface area contributed by atoms with Crippen LogP contribution >= 0.6 is 11.6 Å². The van der Waals surface area contributed by atoms with E-state index >= 15 is 0 Å². The van der Waals surface area contributed by atoms with Gasteiger partial charge in [0.25, 0.3) is 0 Å². The summed E-state index contributed by atoms with van der Waals surface area (Å²) in [5.74, 6) is 0. The van der Waals surface area contributed by atoms with Crippen LogP contribution in [0.4, 0.5) is 4.79 Å². The number of rotatable bonds is 8. The zero-order valence-electron chi connectivity index (χ0n) is 12.3. The van der Waals surface area contributed by atoms with E-state index < -0.39 is 0 Å². The summed E-state index contributed by atoms with van der Waals surface area (Å²) < 4.78 is 0. The van der Waals surface area contributed by atoms with E-state index in [-0.39, 0.29) is 6.03 Å². The Kier molecular flexibility index (Phi) is 8.07. The molecular formula is C15H24ClN3O. The van der Waals surface area contributed by atoms with Crippen molar-refractivity contribution < 1.29 is 4.79 Å². The van der Waals surface area contributed by atoms with Gasteiger partial charge in [-0.3, -0.25) is 0 Å². The van der Waals surface area contributed by atoms with Crippen LogP contribution in [-0.4, -0.2) is 43.7 Å². The Bertz CT molecular complexity index is 408. The lowest BCUT2D eigenvalue weighted by atomic mass is 10.1. The summed E-state index contributed by atoms with van der Waals surface area (Å²) >= 11 is 5.91. The van der Waals surface area contributed by atoms with E-state index in [1.165, 1.54) is 0 Å². The molecule has 4 nitrogen and oxygen atoms in total. The van der Waals surface area contributed by atoms with Crippen molar-refractivity contribution in [1.82, 2.24) is 15.5 Å². The number of amides is 2. The van der Waals surface area contributed by atoms with Crippen LogP contribution in [0.5, 0.6) is 0 Å². The number of hydrogen-bond acceptors (Lipinski definition) is 2. The van der Waals surface area contributed by atoms with Crippen molar-refractivity contribution >= 4 is 17.6 Å². The van der Waals surface area contributed by atoms with E-state index in [4.69, 9.17) is 11.6 Å². The number of hydrogen-bond donors (Lipinski definition) is 2. The molecule has 0 radical (unpaired) electrons. The SMILES string of the molecule is CCN(CC)CCNC(=O)NCCc1cccc(Cl)c1. The lowest BCUT2D eigenvalue weighted by molar-refractivity contribution is 0.237. The largest absolute Gasteiger partial charge is 0.338 e. The maximum Gasteiger partial charge on any atom is 0.314 e. The Balaban J connectivity index is 2.14. The molecule has 0 saturated heterocycles. The van der Waals surface area contributed by atoms with Crippen LogP contribution < -0.4 is 10.6 Å². The predicted molar refractivity (Wildman–Crippen MR) is 84.3 cm³/mol. The predicted octanol–water partition coefficient (Wildman–Crippen LogP) is 2.52. The summed E-state index contributed by atoms with van der Waals surface area (Å²) in [6.07, 6.45) is 0.782. The number of nitrogens with one attached hydrogen (secondary N) is 2. The number of urea groups is 1. The van der Waals surface area contributed by atoms with Crippen LogP contribution in [0.1, 0.15) is 19.4 Å². The van der Waals surface area contributed by atoms with Crippen molar-refractivity contribution in [3.8, 4) is 0 Å². The van der Waals surface area contributed by atoms with Crippen LogP contribution in [0.2, 0.25) is 5.02 Å². The topological polar surface area (TPSA) is 44.4 Å². The van der Waals surface area contributed by atoms with Gasteiger partial charge in [0.2, 0.25) is 0 Å². The van der Waals surface area contributed by atoms with Crippen molar-refractivity contribution in [3.05, 3.63) is 34.9 Å². The Labute approximate surface area is 126 Å². The summed E-state index contributed by atoms with van der Waals surface area (Å²) in [6, 6.07) is 7.58. The third-order valence-corrected chi connectivity index (χ3v) is 3.43. The molecule has 0 aliphatic heterocycles. The van der Waals surface area contributed by atoms with E-state index in [0.29, 0.717) is 13.1 Å². The minimum atomic E-state index is -0.112. The average molecular weight is 298 g/mol. The molecule has 2 N–H and O–H groups in total. The second-order valence-electron chi connectivity index (χ2n) is 4.59. The zero-order chi connectivity index (χ0) is 14.8. The molecule has 0 fully saturated rings. The number of carbonyl (C=O) groups excluding carboxylic acids is 1. The molecule has 0 aliphatic carbocycles. The van der Waals surface area contributed by atoms with Gasteiger partial charge in [-0.2, -0.15) is 0 Å². The van der Waals surface area contributed by atoms with Gasteiger partial charge in [0, 0.05) is 24.7 Å². The van der Waals surface area contributed by atoms with Crippen molar-refractivity contribution in [2.75, 3.05) is 32.7 Å². The Morgan fingerprint density at radius 3 is 2.55 bits per heavy atom. The van der Waals surface area contributed by atoms with Gasteiger partial charge in [-0.1, -0.05) is 37.6 Å². The molecule has 0 unspecified atom stereocenters. The molecule has 0 bridgehead atoms. The first-order chi connectivity index (χ1) is 9.65. The fraction of sp³-hybridized carbons (Fsp3) is 0.533. The standard InChI is InChI=1S/C15H24ClN3O/c1-3-19(4-2)11-10-18-15(20)17-9-8-13-6-5-7-14(16)12-13/h5-7,12H,3-4,8-11H2,1-2H3,(H2,17,18,20). The maximum atomic E-state index is 11.6. The molecule has 0 spiro atoms. The molecule has 0 saturated carbocycles. The summed E-state index contributed by atoms with van der Waals surface area (Å²) in [7, 11) is 0. The number of halogens is 1. The highest BCUT2D eigenvalue weighted by Gasteiger charge is 2.02. The van der Waals surface area contributed by atoms with E-state index in [1.807, 2.05) is 24.3 Å². The average Bonchev–Trinajstić information content (AvgIpc) is 2.44. The van der Waals surface area contributed by atoms with Crippen LogP contribution in [0.3, 0.4) is 0 Å². The molecule has 1 aromatic rings. The van der Waals surface area contributed by atoms with Crippen molar-refractivity contribution in [2.24, 2.45) is 0 Å². The second-order valence-corrected chi connectivity index (χ2v) is 5.03. The molecule has 1 rings (SSSR count). The molecule has 20 heavy (non-hydrogen) atoms. The molecule has 0 aromatic heterocycles. The molecular weight excluding hydrogens is 274 g/mol. The van der Waals surface area contributed by atoms with Crippen molar-refractivity contribution in [1.29, 1.82) is 0 Å². The zero-order valence-corrected chi connectivity index (χ0v) is 13.0. The molecule has 1 aromatic carbocycles. The fourth-order valence-electron chi connectivity index (χ4n) is 1.94. The lowest BCUT2D eigenvalue weighted by Crippen LogP contribution is -2.41. The molecule has 2 amide bonds. The summed E-state index contributed by atoms with van der Waals surface area (Å²) in [5, 5.41) is 6.44. The Morgan fingerprint density at radius 2 is 1.90 bits per heavy atom. The van der Waals surface area contributed by atoms with Crippen LogP contribution in [-0.2, 0) is 6.42 Å². The van der Waals surface area contributed by atoms with Crippen molar-refractivity contribution in [2.45, 2.75) is 20.3 Å². The summed E-state index contributed by atoms with van der Waals surface area (Å²) in [4.78, 5) is 13.9. The Hall–Kier alpha value is -1.26. The highest BCUT2D eigenvalue weighted by Crippen LogP contribution is 2.10. The van der Waals surface area contributed by atoms with Gasteiger partial charge in [-0.05, 0) is 37.2 Å². The first-order valence-corrected chi connectivity index (χ1v) is 7.52. The minimum Gasteiger partial charge on any atom is -0.338 e. The summed E-state index contributed by atoms with van der Waals surface area (Å²) in [5.41, 5.74) is 1.13. The van der Waals surface area contributed by atoms with Crippen molar-refractivity contribution in [3.63, 3.8) is 0 Å². The van der Waals surface area contributed by atoms with Gasteiger partial charge in [-0.25, -0.2) is 4.79 Å². The first-order valence-electron chi connectivity index (χ1n) is 7.14. The van der Waals surface area contributed by atoms with Crippen LogP contribution in [0.25, 0.3) is 0 Å². The van der Waals surface area contributed by atoms with E-state index in [0.717, 1.165) is 36.6 Å². The highest BCUT2D eigenvalue weighted by molar-refractivity contribution is 6.30. The molecule has 0 atom stereocenters. The van der Waals surface area contributed by atoms with Gasteiger partial charge in [-0.15, -0.1) is 0 Å². The smallest absolute Gasteiger partial charge is 0.314 e. The third-order valence-electron chi connectivity index (χ3n) is 3.20. The minimum absolute atomic E-state index is 0.112. The highest BCUT2D eigenvalue weighted by atomic mass is 35.5. The number of nitrogens with zero attached hydrogens (tertiary/aromatic N) is 1. The lowest BCUT2D eigenvalue weighted by Gasteiger charge is -2.18. The molecule has 112 valence electrons. The van der Waals surface area contributed by atoms with E-state index in [9.17, 15) is 4.79 Å². The monoisotopic (exact) mass is 297 g/mol. The van der Waals surface area contributed by atoms with Crippen LogP contribution in [0, 0.1) is 0 Å². The van der Waals surface area contributed by atoms with E-state index in [1.54, 1.807) is 0 Å². The fourth-order valence-corrected chi connectivity index (χ4v) is 2.16. The quantitative estimate of drug-likeness (QED) is 0.774. The third kappa shape index (κ3) is 6.78. The van der Waals surface area contributed by atoms with Gasteiger partial charge in [0.05, 0.1) is 0 Å². The summed E-state index contributed by atoms with van der Waals surface area (Å²) in [6.45, 7) is 8.42. The van der Waals surface area contributed by atoms with Gasteiger partial charge < -0.3 is 15.5 Å². The first kappa shape index (κ1) is 16.8. The Morgan fingerprint density at radius 1 is 1.20 bits per heavy atom. The molecule has 0 aliphatic rings. The van der Waals surface area contributed by atoms with Gasteiger partial charge >= 0.3 is 6.03 Å². The molecule has 0 heterocycles. The number of likely N-dealkylation sites (N-methyl/N-ethyl adjacent to an activating group) is 1. The normalized spacial score (nSPS) is 10.6. The van der Waals surface area contributed by atoms with Gasteiger partial charge in [0.1, 0.15) is 0 Å². The number of carbonyl (C=O) groups is 1. The molecule has 5 heteroatoms. The van der Waals surface area contributed by atoms with Crippen LogP contribution in [0.15, 0.2) is 24.3 Å². The van der Waals surface area contributed by atoms with E-state index in [2.05, 4.69) is 29.4 Å².